The zero-order valence-corrected chi connectivity index (χ0v) is 11.7. The number of nitrogens with zero attached hydrogens (tertiary/aromatic N) is 1. The molecular weight excluding hydrogens is 216 g/mol. The molecule has 0 radical (unpaired) electrons. The summed E-state index contributed by atoms with van der Waals surface area (Å²) in [6, 6.07) is 0.585. The topological polar surface area (TPSA) is 24.9 Å². The van der Waals surface area contributed by atoms with Gasteiger partial charge in [-0.15, -0.1) is 11.3 Å². The molecule has 1 N–H and O–H groups in total. The van der Waals surface area contributed by atoms with Crippen molar-refractivity contribution in [3.8, 4) is 0 Å². The van der Waals surface area contributed by atoms with Crippen LogP contribution in [0.15, 0.2) is 5.38 Å². The Labute approximate surface area is 103 Å². The molecule has 0 aliphatic rings. The van der Waals surface area contributed by atoms with E-state index in [9.17, 15) is 0 Å². The number of aromatic nitrogens is 1. The summed E-state index contributed by atoms with van der Waals surface area (Å²) in [5.74, 6) is 0.745. The molecule has 1 aromatic heterocycles. The van der Waals surface area contributed by atoms with E-state index in [1.54, 1.807) is 11.3 Å². The molecule has 0 fully saturated rings. The van der Waals surface area contributed by atoms with Crippen molar-refractivity contribution in [2.24, 2.45) is 5.92 Å². The van der Waals surface area contributed by atoms with Gasteiger partial charge in [-0.05, 0) is 32.2 Å². The van der Waals surface area contributed by atoms with Crippen LogP contribution >= 0.6 is 11.3 Å². The minimum Gasteiger partial charge on any atom is -0.314 e. The Morgan fingerprint density at radius 2 is 2.19 bits per heavy atom. The number of aryl methyl sites for hydroxylation is 1. The predicted molar refractivity (Wildman–Crippen MR) is 72.1 cm³/mol. The van der Waals surface area contributed by atoms with Crippen molar-refractivity contribution in [1.82, 2.24) is 10.3 Å². The van der Waals surface area contributed by atoms with Gasteiger partial charge < -0.3 is 5.32 Å². The average Bonchev–Trinajstić information content (AvgIpc) is 2.59. The van der Waals surface area contributed by atoms with Crippen molar-refractivity contribution in [3.63, 3.8) is 0 Å². The Kier molecular flexibility index (Phi) is 5.99. The van der Waals surface area contributed by atoms with Crippen molar-refractivity contribution < 1.29 is 0 Å². The van der Waals surface area contributed by atoms with Gasteiger partial charge in [0.15, 0.2) is 0 Å². The summed E-state index contributed by atoms with van der Waals surface area (Å²) >= 11 is 1.75. The molecule has 0 aromatic carbocycles. The summed E-state index contributed by atoms with van der Waals surface area (Å²) < 4.78 is 0. The first-order valence-electron chi connectivity index (χ1n) is 6.26. The minimum absolute atomic E-state index is 0.585. The molecule has 1 aromatic rings. The minimum atomic E-state index is 0.585. The second-order valence-electron chi connectivity index (χ2n) is 4.84. The third-order valence-corrected chi connectivity index (χ3v) is 3.38. The predicted octanol–water partition coefficient (Wildman–Crippen LogP) is 3.41. The van der Waals surface area contributed by atoms with E-state index < -0.39 is 0 Å². The lowest BCUT2D eigenvalue weighted by molar-refractivity contribution is 0.414. The van der Waals surface area contributed by atoms with E-state index in [1.807, 2.05) is 0 Å². The molecule has 0 saturated carbocycles. The van der Waals surface area contributed by atoms with Crippen LogP contribution in [0.2, 0.25) is 0 Å². The van der Waals surface area contributed by atoms with Crippen molar-refractivity contribution >= 4 is 11.3 Å². The van der Waals surface area contributed by atoms with Gasteiger partial charge in [-0.3, -0.25) is 0 Å². The molecular formula is C13H24N2S. The molecule has 0 amide bonds. The molecule has 0 aliphatic carbocycles. The van der Waals surface area contributed by atoms with Crippen LogP contribution in [0.25, 0.3) is 0 Å². The standard InChI is InChI=1S/C13H24N2S/c1-5-6-14-12(7-10(2)3)8-13-9-16-11(4)15-13/h9-10,12,14H,5-8H2,1-4H3. The maximum Gasteiger partial charge on any atom is 0.0897 e. The number of hydrogen-bond acceptors (Lipinski definition) is 3. The summed E-state index contributed by atoms with van der Waals surface area (Å²) in [7, 11) is 0. The van der Waals surface area contributed by atoms with Crippen LogP contribution < -0.4 is 5.32 Å². The lowest BCUT2D eigenvalue weighted by Gasteiger charge is -2.19. The van der Waals surface area contributed by atoms with Gasteiger partial charge in [0.2, 0.25) is 0 Å². The molecule has 1 unspecified atom stereocenters. The van der Waals surface area contributed by atoms with Crippen LogP contribution in [0.5, 0.6) is 0 Å². The van der Waals surface area contributed by atoms with Crippen LogP contribution in [-0.2, 0) is 6.42 Å². The average molecular weight is 240 g/mol. The van der Waals surface area contributed by atoms with Crippen LogP contribution in [0, 0.1) is 12.8 Å². The second-order valence-corrected chi connectivity index (χ2v) is 5.90. The molecule has 1 rings (SSSR count). The summed E-state index contributed by atoms with van der Waals surface area (Å²) in [5, 5.41) is 6.99. The lowest BCUT2D eigenvalue weighted by atomic mass is 10.00. The molecule has 2 nitrogen and oxygen atoms in total. The number of hydrogen-bond donors (Lipinski definition) is 1. The van der Waals surface area contributed by atoms with E-state index in [1.165, 1.54) is 23.5 Å². The molecule has 0 aliphatic heterocycles. The Morgan fingerprint density at radius 1 is 1.44 bits per heavy atom. The van der Waals surface area contributed by atoms with Crippen molar-refractivity contribution in [1.29, 1.82) is 0 Å². The fourth-order valence-corrected chi connectivity index (χ4v) is 2.54. The number of rotatable bonds is 7. The molecule has 0 bridgehead atoms. The Hall–Kier alpha value is -0.410. The van der Waals surface area contributed by atoms with E-state index in [0.29, 0.717) is 6.04 Å². The van der Waals surface area contributed by atoms with E-state index in [2.05, 4.69) is 43.4 Å². The summed E-state index contributed by atoms with van der Waals surface area (Å²) in [5.41, 5.74) is 1.25. The van der Waals surface area contributed by atoms with Gasteiger partial charge in [0, 0.05) is 17.8 Å². The van der Waals surface area contributed by atoms with Crippen LogP contribution in [-0.4, -0.2) is 17.6 Å². The van der Waals surface area contributed by atoms with E-state index in [0.717, 1.165) is 18.9 Å². The molecule has 3 heteroatoms. The monoisotopic (exact) mass is 240 g/mol. The SMILES string of the molecule is CCCNC(Cc1csc(C)n1)CC(C)C. The fourth-order valence-electron chi connectivity index (χ4n) is 1.91. The molecule has 1 heterocycles. The quantitative estimate of drug-likeness (QED) is 0.790. The van der Waals surface area contributed by atoms with Crippen LogP contribution in [0.4, 0.5) is 0 Å². The van der Waals surface area contributed by atoms with Crippen LogP contribution in [0.3, 0.4) is 0 Å². The molecule has 16 heavy (non-hydrogen) atoms. The first kappa shape index (κ1) is 13.7. The Morgan fingerprint density at radius 3 is 2.69 bits per heavy atom. The van der Waals surface area contributed by atoms with Crippen molar-refractivity contribution in [3.05, 3.63) is 16.1 Å². The van der Waals surface area contributed by atoms with Gasteiger partial charge in [-0.2, -0.15) is 0 Å². The van der Waals surface area contributed by atoms with Gasteiger partial charge >= 0.3 is 0 Å². The number of nitrogens with one attached hydrogen (secondary N) is 1. The molecule has 1 atom stereocenters. The summed E-state index contributed by atoms with van der Waals surface area (Å²) in [6.07, 6.45) is 3.50. The molecule has 0 saturated heterocycles. The van der Waals surface area contributed by atoms with Gasteiger partial charge in [-0.25, -0.2) is 4.98 Å². The van der Waals surface area contributed by atoms with Gasteiger partial charge in [0.25, 0.3) is 0 Å². The van der Waals surface area contributed by atoms with Gasteiger partial charge in [-0.1, -0.05) is 20.8 Å². The first-order chi connectivity index (χ1) is 7.61. The van der Waals surface area contributed by atoms with Gasteiger partial charge in [0.1, 0.15) is 0 Å². The maximum atomic E-state index is 4.54. The molecule has 0 spiro atoms. The normalized spacial score (nSPS) is 13.3. The Bertz CT molecular complexity index is 294. The zero-order chi connectivity index (χ0) is 12.0. The van der Waals surface area contributed by atoms with E-state index in [4.69, 9.17) is 0 Å². The second kappa shape index (κ2) is 7.02. The first-order valence-corrected chi connectivity index (χ1v) is 7.14. The lowest BCUT2D eigenvalue weighted by Crippen LogP contribution is -2.33. The summed E-state index contributed by atoms with van der Waals surface area (Å²) in [6.45, 7) is 9.97. The maximum absolute atomic E-state index is 4.54. The largest absolute Gasteiger partial charge is 0.314 e. The smallest absolute Gasteiger partial charge is 0.0897 e. The highest BCUT2D eigenvalue weighted by Crippen LogP contribution is 2.14. The molecule has 92 valence electrons. The summed E-state index contributed by atoms with van der Waals surface area (Å²) in [4.78, 5) is 4.54. The zero-order valence-electron chi connectivity index (χ0n) is 10.9. The Balaban J connectivity index is 2.48. The highest BCUT2D eigenvalue weighted by molar-refractivity contribution is 7.09. The van der Waals surface area contributed by atoms with Crippen LogP contribution in [0.1, 0.15) is 44.3 Å². The van der Waals surface area contributed by atoms with Gasteiger partial charge in [0.05, 0.1) is 10.7 Å². The van der Waals surface area contributed by atoms with Crippen molar-refractivity contribution in [2.75, 3.05) is 6.54 Å². The number of thiazole rings is 1. The third kappa shape index (κ3) is 5.08. The van der Waals surface area contributed by atoms with E-state index in [-0.39, 0.29) is 0 Å². The van der Waals surface area contributed by atoms with E-state index >= 15 is 0 Å². The fraction of sp³-hybridized carbons (Fsp3) is 0.769. The highest BCUT2D eigenvalue weighted by Gasteiger charge is 2.12. The third-order valence-electron chi connectivity index (χ3n) is 2.56. The van der Waals surface area contributed by atoms with Crippen molar-refractivity contribution in [2.45, 2.75) is 53.0 Å². The highest BCUT2D eigenvalue weighted by atomic mass is 32.1.